The molecule has 0 fully saturated rings. The van der Waals surface area contributed by atoms with Crippen LogP contribution in [0.1, 0.15) is 17.3 Å². The third-order valence-electron chi connectivity index (χ3n) is 2.91. The van der Waals surface area contributed by atoms with Gasteiger partial charge in [-0.3, -0.25) is 0 Å². The van der Waals surface area contributed by atoms with Crippen LogP contribution in [0.4, 0.5) is 11.8 Å². The van der Waals surface area contributed by atoms with Crippen LogP contribution in [-0.2, 0) is 4.74 Å². The van der Waals surface area contributed by atoms with Crippen LogP contribution >= 0.6 is 0 Å². The van der Waals surface area contributed by atoms with Crippen LogP contribution in [0.3, 0.4) is 0 Å². The first kappa shape index (κ1) is 13.1. The minimum atomic E-state index is -0.368. The molecule has 21 heavy (non-hydrogen) atoms. The van der Waals surface area contributed by atoms with Crippen molar-refractivity contribution in [2.24, 2.45) is 0 Å². The molecule has 2 aromatic heterocycles. The maximum Gasteiger partial charge on any atom is 0.338 e. The summed E-state index contributed by atoms with van der Waals surface area (Å²) in [7, 11) is 0. The number of ether oxygens (including phenoxy) is 1. The smallest absolute Gasteiger partial charge is 0.338 e. The van der Waals surface area contributed by atoms with Crippen molar-refractivity contribution >= 4 is 28.8 Å². The number of para-hydroxylation sites is 2. The van der Waals surface area contributed by atoms with E-state index in [0.717, 1.165) is 11.0 Å². The SMILES string of the molecule is CCOC(=O)c1ccnc(Nc2nc3ccccc3[nH]2)c1. The number of anilines is 2. The molecule has 0 aliphatic heterocycles. The third kappa shape index (κ3) is 2.84. The van der Waals surface area contributed by atoms with Crippen LogP contribution in [0.25, 0.3) is 11.0 Å². The van der Waals surface area contributed by atoms with Gasteiger partial charge in [-0.15, -0.1) is 0 Å². The molecule has 0 spiro atoms. The first-order valence-corrected chi connectivity index (χ1v) is 6.61. The molecule has 0 unspecified atom stereocenters. The molecule has 0 saturated carbocycles. The Hall–Kier alpha value is -2.89. The van der Waals surface area contributed by atoms with Gasteiger partial charge in [-0.1, -0.05) is 12.1 Å². The van der Waals surface area contributed by atoms with E-state index in [2.05, 4.69) is 20.3 Å². The number of esters is 1. The average Bonchev–Trinajstić information content (AvgIpc) is 2.90. The Labute approximate surface area is 121 Å². The zero-order valence-electron chi connectivity index (χ0n) is 11.5. The lowest BCUT2D eigenvalue weighted by Crippen LogP contribution is -2.06. The summed E-state index contributed by atoms with van der Waals surface area (Å²) in [5.74, 6) is 0.733. The van der Waals surface area contributed by atoms with Crippen LogP contribution in [0.2, 0.25) is 0 Å². The van der Waals surface area contributed by atoms with Gasteiger partial charge in [0.25, 0.3) is 0 Å². The molecule has 2 heterocycles. The van der Waals surface area contributed by atoms with E-state index in [1.165, 1.54) is 0 Å². The molecule has 0 radical (unpaired) electrons. The van der Waals surface area contributed by atoms with Crippen molar-refractivity contribution in [3.8, 4) is 0 Å². The van der Waals surface area contributed by atoms with Crippen molar-refractivity contribution in [1.82, 2.24) is 15.0 Å². The molecule has 0 saturated heterocycles. The Morgan fingerprint density at radius 3 is 3.00 bits per heavy atom. The fourth-order valence-electron chi connectivity index (χ4n) is 1.97. The van der Waals surface area contributed by atoms with E-state index in [-0.39, 0.29) is 5.97 Å². The number of carbonyl (C=O) groups excluding carboxylic acids is 1. The number of hydrogen-bond acceptors (Lipinski definition) is 5. The van der Waals surface area contributed by atoms with Crippen LogP contribution in [0, 0.1) is 0 Å². The Morgan fingerprint density at radius 2 is 2.19 bits per heavy atom. The standard InChI is InChI=1S/C15H14N4O2/c1-2-21-14(20)10-7-8-16-13(9-10)19-15-17-11-5-3-4-6-12(11)18-15/h3-9H,2H2,1H3,(H2,16,17,18,19). The van der Waals surface area contributed by atoms with Gasteiger partial charge in [0, 0.05) is 6.20 Å². The Kier molecular flexibility index (Phi) is 3.51. The summed E-state index contributed by atoms with van der Waals surface area (Å²) in [5.41, 5.74) is 2.24. The fraction of sp³-hybridized carbons (Fsp3) is 0.133. The van der Waals surface area contributed by atoms with Crippen LogP contribution in [0.15, 0.2) is 42.6 Å². The first-order valence-electron chi connectivity index (χ1n) is 6.61. The summed E-state index contributed by atoms with van der Waals surface area (Å²) >= 11 is 0. The van der Waals surface area contributed by atoms with Crippen molar-refractivity contribution in [3.05, 3.63) is 48.2 Å². The summed E-state index contributed by atoms with van der Waals surface area (Å²) in [4.78, 5) is 23.4. The molecule has 0 aliphatic carbocycles. The minimum absolute atomic E-state index is 0.341. The molecule has 0 bridgehead atoms. The number of rotatable bonds is 4. The number of hydrogen-bond donors (Lipinski definition) is 2. The highest BCUT2D eigenvalue weighted by Crippen LogP contribution is 2.17. The van der Waals surface area contributed by atoms with Crippen molar-refractivity contribution in [2.75, 3.05) is 11.9 Å². The van der Waals surface area contributed by atoms with E-state index in [1.807, 2.05) is 24.3 Å². The molecule has 3 aromatic rings. The third-order valence-corrected chi connectivity index (χ3v) is 2.91. The van der Waals surface area contributed by atoms with Crippen molar-refractivity contribution < 1.29 is 9.53 Å². The zero-order valence-corrected chi connectivity index (χ0v) is 11.5. The monoisotopic (exact) mass is 282 g/mol. The number of imidazole rings is 1. The lowest BCUT2D eigenvalue weighted by Gasteiger charge is -2.04. The molecule has 0 amide bonds. The lowest BCUT2D eigenvalue weighted by molar-refractivity contribution is 0.0526. The van der Waals surface area contributed by atoms with E-state index < -0.39 is 0 Å². The number of aromatic amines is 1. The molecule has 2 N–H and O–H groups in total. The second-order valence-corrected chi connectivity index (χ2v) is 4.38. The highest BCUT2D eigenvalue weighted by Gasteiger charge is 2.08. The van der Waals surface area contributed by atoms with Crippen molar-refractivity contribution in [3.63, 3.8) is 0 Å². The molecule has 6 heteroatoms. The van der Waals surface area contributed by atoms with E-state index in [1.54, 1.807) is 25.3 Å². The minimum Gasteiger partial charge on any atom is -0.462 e. The maximum atomic E-state index is 11.7. The summed E-state index contributed by atoms with van der Waals surface area (Å²) < 4.78 is 4.96. The highest BCUT2D eigenvalue weighted by molar-refractivity contribution is 5.90. The van der Waals surface area contributed by atoms with Gasteiger partial charge in [-0.2, -0.15) is 0 Å². The van der Waals surface area contributed by atoms with E-state index in [9.17, 15) is 4.79 Å². The van der Waals surface area contributed by atoms with Crippen LogP contribution in [0.5, 0.6) is 0 Å². The molecule has 0 aliphatic rings. The van der Waals surface area contributed by atoms with E-state index >= 15 is 0 Å². The summed E-state index contributed by atoms with van der Waals surface area (Å²) in [6.07, 6.45) is 1.55. The van der Waals surface area contributed by atoms with Gasteiger partial charge in [-0.25, -0.2) is 14.8 Å². The Bertz CT molecular complexity index is 749. The van der Waals surface area contributed by atoms with Gasteiger partial charge in [0.2, 0.25) is 5.95 Å². The largest absolute Gasteiger partial charge is 0.462 e. The predicted molar refractivity (Wildman–Crippen MR) is 79.6 cm³/mol. The van der Waals surface area contributed by atoms with Gasteiger partial charge in [0.15, 0.2) is 0 Å². The van der Waals surface area contributed by atoms with E-state index in [4.69, 9.17) is 4.74 Å². The van der Waals surface area contributed by atoms with E-state index in [0.29, 0.717) is 23.9 Å². The summed E-state index contributed by atoms with van der Waals surface area (Å²) in [5, 5.41) is 3.05. The molecule has 1 aromatic carbocycles. The number of nitrogens with zero attached hydrogens (tertiary/aromatic N) is 2. The molecular formula is C15H14N4O2. The fourth-order valence-corrected chi connectivity index (χ4v) is 1.97. The molecule has 0 atom stereocenters. The predicted octanol–water partition coefficient (Wildman–Crippen LogP) is 2.88. The number of fused-ring (bicyclic) bond motifs is 1. The number of carbonyl (C=O) groups is 1. The van der Waals surface area contributed by atoms with Gasteiger partial charge >= 0.3 is 5.97 Å². The summed E-state index contributed by atoms with van der Waals surface area (Å²) in [6, 6.07) is 11.0. The van der Waals surface area contributed by atoms with Gasteiger partial charge in [-0.05, 0) is 31.2 Å². The molecular weight excluding hydrogens is 268 g/mol. The average molecular weight is 282 g/mol. The van der Waals surface area contributed by atoms with Crippen molar-refractivity contribution in [1.29, 1.82) is 0 Å². The zero-order chi connectivity index (χ0) is 14.7. The molecule has 106 valence electrons. The Balaban J connectivity index is 1.84. The second kappa shape index (κ2) is 5.62. The second-order valence-electron chi connectivity index (χ2n) is 4.38. The maximum absolute atomic E-state index is 11.7. The lowest BCUT2D eigenvalue weighted by atomic mass is 10.2. The van der Waals surface area contributed by atoms with Gasteiger partial charge < -0.3 is 15.0 Å². The highest BCUT2D eigenvalue weighted by atomic mass is 16.5. The summed E-state index contributed by atoms with van der Waals surface area (Å²) in [6.45, 7) is 2.11. The van der Waals surface area contributed by atoms with Crippen LogP contribution < -0.4 is 5.32 Å². The number of aromatic nitrogens is 3. The van der Waals surface area contributed by atoms with Gasteiger partial charge in [0.05, 0.1) is 23.2 Å². The van der Waals surface area contributed by atoms with Crippen molar-refractivity contribution in [2.45, 2.75) is 6.92 Å². The number of pyridine rings is 1. The molecule has 6 nitrogen and oxygen atoms in total. The Morgan fingerprint density at radius 1 is 1.33 bits per heavy atom. The normalized spacial score (nSPS) is 10.5. The topological polar surface area (TPSA) is 79.9 Å². The number of benzene rings is 1. The molecule has 3 rings (SSSR count). The van der Waals surface area contributed by atoms with Gasteiger partial charge in [0.1, 0.15) is 5.82 Å². The van der Waals surface area contributed by atoms with Crippen LogP contribution in [-0.4, -0.2) is 27.5 Å². The number of nitrogens with one attached hydrogen (secondary N) is 2. The quantitative estimate of drug-likeness (QED) is 0.719. The number of H-pyrrole nitrogens is 1. The first-order chi connectivity index (χ1) is 10.3.